The third-order valence-corrected chi connectivity index (χ3v) is 3.59. The highest BCUT2D eigenvalue weighted by atomic mass is 16.3. The summed E-state index contributed by atoms with van der Waals surface area (Å²) in [5.41, 5.74) is 1.92. The van der Waals surface area contributed by atoms with Crippen molar-refractivity contribution in [3.05, 3.63) is 36.0 Å². The highest BCUT2D eigenvalue weighted by Gasteiger charge is 2.18. The molecule has 0 radical (unpaired) electrons. The van der Waals surface area contributed by atoms with Crippen LogP contribution in [0.1, 0.15) is 32.3 Å². The molecule has 104 valence electrons. The molecule has 0 aliphatic carbocycles. The molecule has 1 aromatic heterocycles. The Balaban J connectivity index is 2.03. The van der Waals surface area contributed by atoms with Gasteiger partial charge in [-0.05, 0) is 25.0 Å². The highest BCUT2D eigenvalue weighted by Crippen LogP contribution is 2.20. The van der Waals surface area contributed by atoms with Gasteiger partial charge in [0, 0.05) is 37.2 Å². The zero-order chi connectivity index (χ0) is 13.9. The van der Waals surface area contributed by atoms with Crippen LogP contribution in [0.25, 0.3) is 10.9 Å². The fraction of sp³-hybridized carbons (Fsp3) is 0.500. The number of aliphatic hydroxyl groups is 1. The molecule has 0 saturated carbocycles. The van der Waals surface area contributed by atoms with Gasteiger partial charge in [0.1, 0.15) is 0 Å². The molecule has 0 spiro atoms. The maximum atomic E-state index is 10.1. The van der Waals surface area contributed by atoms with Crippen LogP contribution < -0.4 is 5.32 Å². The van der Waals surface area contributed by atoms with Crippen LogP contribution in [0.2, 0.25) is 0 Å². The first-order valence-electron chi connectivity index (χ1n) is 6.99. The van der Waals surface area contributed by atoms with Crippen LogP contribution in [-0.2, 0) is 13.6 Å². The number of hydrogen-bond acceptors (Lipinski definition) is 2. The molecule has 0 amide bonds. The summed E-state index contributed by atoms with van der Waals surface area (Å²) < 4.78 is 2.15. The summed E-state index contributed by atoms with van der Waals surface area (Å²) in [6.07, 6.45) is 3.99. The Bertz CT molecular complexity index is 543. The van der Waals surface area contributed by atoms with Crippen molar-refractivity contribution in [1.82, 2.24) is 9.88 Å². The summed E-state index contributed by atoms with van der Waals surface area (Å²) >= 11 is 0. The van der Waals surface area contributed by atoms with Crippen LogP contribution >= 0.6 is 0 Å². The van der Waals surface area contributed by atoms with E-state index in [9.17, 15) is 5.11 Å². The molecule has 1 aromatic carbocycles. The Morgan fingerprint density at radius 2 is 2.05 bits per heavy atom. The Morgan fingerprint density at radius 3 is 2.79 bits per heavy atom. The molecule has 0 fully saturated rings. The van der Waals surface area contributed by atoms with Gasteiger partial charge in [-0.25, -0.2) is 0 Å². The van der Waals surface area contributed by atoms with Crippen molar-refractivity contribution in [2.24, 2.45) is 7.05 Å². The molecule has 1 heterocycles. The lowest BCUT2D eigenvalue weighted by Gasteiger charge is -2.22. The first kappa shape index (κ1) is 14.1. The largest absolute Gasteiger partial charge is 0.389 e. The molecule has 3 nitrogen and oxygen atoms in total. The van der Waals surface area contributed by atoms with E-state index in [1.807, 2.05) is 6.92 Å². The average molecular weight is 260 g/mol. The minimum Gasteiger partial charge on any atom is -0.389 e. The molecule has 0 bridgehead atoms. The summed E-state index contributed by atoms with van der Waals surface area (Å²) in [7, 11) is 2.07. The fourth-order valence-corrected chi connectivity index (χ4v) is 2.66. The molecular formula is C16H24N2O. The average Bonchev–Trinajstić information content (AvgIpc) is 2.67. The maximum Gasteiger partial charge on any atom is 0.0743 e. The lowest BCUT2D eigenvalue weighted by Crippen LogP contribution is -2.37. The third-order valence-electron chi connectivity index (χ3n) is 3.59. The second-order valence-electron chi connectivity index (χ2n) is 5.63. The number of para-hydroxylation sites is 1. The van der Waals surface area contributed by atoms with Crippen LogP contribution in [0.15, 0.2) is 30.5 Å². The minimum atomic E-state index is -0.612. The van der Waals surface area contributed by atoms with E-state index >= 15 is 0 Å². The molecule has 3 heteroatoms. The van der Waals surface area contributed by atoms with Gasteiger partial charge in [0.2, 0.25) is 0 Å². The van der Waals surface area contributed by atoms with Gasteiger partial charge in [-0.15, -0.1) is 0 Å². The van der Waals surface area contributed by atoms with Gasteiger partial charge >= 0.3 is 0 Å². The first-order chi connectivity index (χ1) is 9.03. The lowest BCUT2D eigenvalue weighted by molar-refractivity contribution is 0.0498. The van der Waals surface area contributed by atoms with Crippen LogP contribution in [0.3, 0.4) is 0 Å². The van der Waals surface area contributed by atoms with Crippen LogP contribution in [-0.4, -0.2) is 21.8 Å². The monoisotopic (exact) mass is 260 g/mol. The topological polar surface area (TPSA) is 37.2 Å². The van der Waals surface area contributed by atoms with E-state index in [0.29, 0.717) is 6.54 Å². The molecule has 2 aromatic rings. The standard InChI is InChI=1S/C16H24N2O/c1-4-9-16(2,19)12-17-10-13-11-18(3)15-8-6-5-7-14(13)15/h5-8,11,17,19H,4,9-10,12H2,1-3H3. The minimum absolute atomic E-state index is 0.612. The molecule has 0 saturated heterocycles. The first-order valence-corrected chi connectivity index (χ1v) is 6.99. The maximum absolute atomic E-state index is 10.1. The number of aryl methyl sites for hydroxylation is 1. The van der Waals surface area contributed by atoms with Crippen molar-refractivity contribution in [1.29, 1.82) is 0 Å². The zero-order valence-corrected chi connectivity index (χ0v) is 12.1. The SMILES string of the molecule is CCCC(C)(O)CNCc1cn(C)c2ccccc12. The van der Waals surface area contributed by atoms with Crippen molar-refractivity contribution >= 4 is 10.9 Å². The smallest absolute Gasteiger partial charge is 0.0743 e. The van der Waals surface area contributed by atoms with Crippen molar-refractivity contribution in [3.63, 3.8) is 0 Å². The number of aromatic nitrogens is 1. The van der Waals surface area contributed by atoms with E-state index in [1.165, 1.54) is 16.5 Å². The quantitative estimate of drug-likeness (QED) is 0.838. The van der Waals surface area contributed by atoms with E-state index in [0.717, 1.165) is 19.4 Å². The molecule has 1 unspecified atom stereocenters. The molecule has 2 rings (SSSR count). The highest BCUT2D eigenvalue weighted by molar-refractivity contribution is 5.83. The van der Waals surface area contributed by atoms with Crippen molar-refractivity contribution < 1.29 is 5.11 Å². The molecule has 1 atom stereocenters. The van der Waals surface area contributed by atoms with Crippen LogP contribution in [0.4, 0.5) is 0 Å². The number of nitrogens with one attached hydrogen (secondary N) is 1. The summed E-state index contributed by atoms with van der Waals surface area (Å²) in [6, 6.07) is 8.41. The van der Waals surface area contributed by atoms with Crippen LogP contribution in [0, 0.1) is 0 Å². The molecular weight excluding hydrogens is 236 g/mol. The second kappa shape index (κ2) is 5.76. The normalized spacial score (nSPS) is 14.7. The van der Waals surface area contributed by atoms with E-state index in [1.54, 1.807) is 0 Å². The van der Waals surface area contributed by atoms with E-state index in [4.69, 9.17) is 0 Å². The van der Waals surface area contributed by atoms with Gasteiger partial charge in [0.15, 0.2) is 0 Å². The summed E-state index contributed by atoms with van der Waals surface area (Å²) in [6.45, 7) is 5.41. The lowest BCUT2D eigenvalue weighted by atomic mass is 10.0. The van der Waals surface area contributed by atoms with Gasteiger partial charge < -0.3 is 15.0 Å². The van der Waals surface area contributed by atoms with E-state index in [-0.39, 0.29) is 0 Å². The predicted octanol–water partition coefficient (Wildman–Crippen LogP) is 2.82. The van der Waals surface area contributed by atoms with Crippen molar-refractivity contribution in [2.45, 2.75) is 38.8 Å². The van der Waals surface area contributed by atoms with Gasteiger partial charge in [-0.3, -0.25) is 0 Å². The Kier molecular flexibility index (Phi) is 4.27. The van der Waals surface area contributed by atoms with E-state index < -0.39 is 5.60 Å². The molecule has 0 aliphatic rings. The molecule has 19 heavy (non-hydrogen) atoms. The fourth-order valence-electron chi connectivity index (χ4n) is 2.66. The van der Waals surface area contributed by atoms with Gasteiger partial charge in [0.05, 0.1) is 5.60 Å². The number of hydrogen-bond donors (Lipinski definition) is 2. The van der Waals surface area contributed by atoms with Gasteiger partial charge in [-0.2, -0.15) is 0 Å². The predicted molar refractivity (Wildman–Crippen MR) is 80.2 cm³/mol. The second-order valence-corrected chi connectivity index (χ2v) is 5.63. The van der Waals surface area contributed by atoms with Crippen molar-refractivity contribution in [3.8, 4) is 0 Å². The summed E-state index contributed by atoms with van der Waals surface area (Å²) in [5.74, 6) is 0. The molecule has 2 N–H and O–H groups in total. The third kappa shape index (κ3) is 3.37. The van der Waals surface area contributed by atoms with E-state index in [2.05, 4.69) is 54.3 Å². The zero-order valence-electron chi connectivity index (χ0n) is 12.1. The van der Waals surface area contributed by atoms with Gasteiger partial charge in [0.25, 0.3) is 0 Å². The summed E-state index contributed by atoms with van der Waals surface area (Å²) in [5, 5.41) is 14.8. The number of rotatable bonds is 6. The van der Waals surface area contributed by atoms with Gasteiger partial charge in [-0.1, -0.05) is 31.5 Å². The number of benzene rings is 1. The Hall–Kier alpha value is -1.32. The number of fused-ring (bicyclic) bond motifs is 1. The Labute approximate surface area is 115 Å². The van der Waals surface area contributed by atoms with Crippen molar-refractivity contribution in [2.75, 3.05) is 6.54 Å². The Morgan fingerprint density at radius 1 is 1.32 bits per heavy atom. The van der Waals surface area contributed by atoms with Crippen LogP contribution in [0.5, 0.6) is 0 Å². The molecule has 0 aliphatic heterocycles. The summed E-state index contributed by atoms with van der Waals surface area (Å²) in [4.78, 5) is 0. The number of nitrogens with zero attached hydrogens (tertiary/aromatic N) is 1.